The minimum atomic E-state index is 1.13. The molecule has 1 heterocycles. The average molecular weight is 129 g/mol. The van der Waals surface area contributed by atoms with Crippen LogP contribution < -0.4 is 0 Å². The predicted molar refractivity (Wildman–Crippen MR) is 41.1 cm³/mol. The summed E-state index contributed by atoms with van der Waals surface area (Å²) in [5.74, 6) is 0. The third-order valence-electron chi connectivity index (χ3n) is 2.23. The second kappa shape index (κ2) is 1.26. The van der Waals surface area contributed by atoms with Gasteiger partial charge in [0.2, 0.25) is 0 Å². The Kier molecular flexibility index (Phi) is 0.575. The van der Waals surface area contributed by atoms with Crippen LogP contribution in [-0.4, -0.2) is 4.98 Å². The van der Waals surface area contributed by atoms with Gasteiger partial charge in [0.05, 0.1) is 0 Å². The van der Waals surface area contributed by atoms with E-state index in [9.17, 15) is 0 Å². The Labute approximate surface area is 58.7 Å². The standard InChI is InChI=1S/C9H7N/c1-2-8-7-3-6(1)4-9(8)10-5-7/h1-2,4-5,10H,3H2. The average Bonchev–Trinajstić information content (AvgIpc) is 2.29. The molecule has 10 heavy (non-hydrogen) atoms. The largest absolute Gasteiger partial charge is 0.361 e. The summed E-state index contributed by atoms with van der Waals surface area (Å²) in [6, 6.07) is 6.62. The van der Waals surface area contributed by atoms with Gasteiger partial charge >= 0.3 is 0 Å². The number of H-pyrrole nitrogens is 1. The highest BCUT2D eigenvalue weighted by molar-refractivity contribution is 5.86. The van der Waals surface area contributed by atoms with E-state index in [1.54, 1.807) is 0 Å². The van der Waals surface area contributed by atoms with Crippen LogP contribution in [0.5, 0.6) is 0 Å². The van der Waals surface area contributed by atoms with E-state index in [1.807, 2.05) is 0 Å². The Bertz CT molecular complexity index is 398. The Morgan fingerprint density at radius 2 is 2.30 bits per heavy atom. The molecule has 0 atom stereocenters. The van der Waals surface area contributed by atoms with Crippen molar-refractivity contribution in [2.24, 2.45) is 0 Å². The highest BCUT2D eigenvalue weighted by Crippen LogP contribution is 2.27. The van der Waals surface area contributed by atoms with Gasteiger partial charge < -0.3 is 4.98 Å². The number of benzene rings is 1. The molecule has 0 amide bonds. The molecule has 0 aliphatic heterocycles. The topological polar surface area (TPSA) is 15.8 Å². The molecule has 4 bridgehead atoms. The van der Waals surface area contributed by atoms with Crippen molar-refractivity contribution in [1.29, 1.82) is 0 Å². The van der Waals surface area contributed by atoms with Crippen LogP contribution in [0.25, 0.3) is 10.9 Å². The summed E-state index contributed by atoms with van der Waals surface area (Å²) >= 11 is 0. The number of fused-ring (bicyclic) bond motifs is 1. The number of aromatic amines is 1. The zero-order valence-electron chi connectivity index (χ0n) is 5.52. The first-order valence-corrected chi connectivity index (χ1v) is 3.52. The monoisotopic (exact) mass is 129 g/mol. The van der Waals surface area contributed by atoms with Crippen molar-refractivity contribution >= 4 is 10.9 Å². The third-order valence-corrected chi connectivity index (χ3v) is 2.23. The Morgan fingerprint density at radius 1 is 1.30 bits per heavy atom. The molecular weight excluding hydrogens is 122 g/mol. The molecule has 0 spiro atoms. The fourth-order valence-electron chi connectivity index (χ4n) is 1.71. The number of nitrogens with one attached hydrogen (secondary N) is 1. The van der Waals surface area contributed by atoms with Gasteiger partial charge in [-0.05, 0) is 23.6 Å². The van der Waals surface area contributed by atoms with Crippen LogP contribution in [0.3, 0.4) is 0 Å². The highest BCUT2D eigenvalue weighted by atomic mass is 14.7. The number of hydrogen-bond acceptors (Lipinski definition) is 0. The third kappa shape index (κ3) is 0.366. The van der Waals surface area contributed by atoms with Crippen molar-refractivity contribution in [3.8, 4) is 0 Å². The second-order valence-corrected chi connectivity index (χ2v) is 2.87. The summed E-state index contributed by atoms with van der Waals surface area (Å²) in [6.07, 6.45) is 3.24. The quantitative estimate of drug-likeness (QED) is 0.478. The molecular formula is C9H7N. The first kappa shape index (κ1) is 4.56. The molecule has 0 saturated carbocycles. The molecule has 2 aromatic rings. The van der Waals surface area contributed by atoms with Gasteiger partial charge in [0.15, 0.2) is 0 Å². The van der Waals surface area contributed by atoms with E-state index < -0.39 is 0 Å². The summed E-state index contributed by atoms with van der Waals surface area (Å²) < 4.78 is 0. The molecule has 2 aliphatic rings. The predicted octanol–water partition coefficient (Wildman–Crippen LogP) is 2.07. The van der Waals surface area contributed by atoms with E-state index in [1.165, 1.54) is 22.0 Å². The van der Waals surface area contributed by atoms with Gasteiger partial charge in [0.1, 0.15) is 0 Å². The van der Waals surface area contributed by atoms with E-state index in [4.69, 9.17) is 0 Å². The van der Waals surface area contributed by atoms with Crippen LogP contribution in [0.2, 0.25) is 0 Å². The molecule has 0 unspecified atom stereocenters. The smallest absolute Gasteiger partial charge is 0.0459 e. The maximum atomic E-state index is 3.24. The van der Waals surface area contributed by atoms with Gasteiger partial charge in [-0.3, -0.25) is 0 Å². The van der Waals surface area contributed by atoms with E-state index in [0.29, 0.717) is 0 Å². The van der Waals surface area contributed by atoms with Crippen molar-refractivity contribution in [3.63, 3.8) is 0 Å². The van der Waals surface area contributed by atoms with Crippen molar-refractivity contribution in [1.82, 2.24) is 4.98 Å². The molecule has 48 valence electrons. The molecule has 0 radical (unpaired) electrons. The first-order chi connectivity index (χ1) is 4.93. The number of hydrogen-bond donors (Lipinski definition) is 1. The Hall–Kier alpha value is -1.24. The lowest BCUT2D eigenvalue weighted by molar-refractivity contribution is 1.21. The molecule has 0 saturated heterocycles. The summed E-state index contributed by atoms with van der Waals surface area (Å²) in [6.45, 7) is 0. The van der Waals surface area contributed by atoms with Crippen LogP contribution in [0.1, 0.15) is 11.1 Å². The lowest BCUT2D eigenvalue weighted by Gasteiger charge is -2.06. The van der Waals surface area contributed by atoms with Gasteiger partial charge in [0.25, 0.3) is 0 Å². The molecule has 2 aliphatic carbocycles. The van der Waals surface area contributed by atoms with E-state index in [2.05, 4.69) is 29.4 Å². The van der Waals surface area contributed by atoms with Gasteiger partial charge in [0, 0.05) is 17.1 Å². The summed E-state index contributed by atoms with van der Waals surface area (Å²) in [4.78, 5) is 3.24. The molecule has 0 fully saturated rings. The molecule has 1 aromatic heterocycles. The van der Waals surface area contributed by atoms with Crippen LogP contribution in [-0.2, 0) is 6.42 Å². The molecule has 1 N–H and O–H groups in total. The number of aromatic nitrogens is 1. The van der Waals surface area contributed by atoms with Gasteiger partial charge in [-0.25, -0.2) is 0 Å². The maximum absolute atomic E-state index is 3.24. The SMILES string of the molecule is c1cc2c3c[nH]c2cc1C3. The zero-order valence-corrected chi connectivity index (χ0v) is 5.52. The minimum absolute atomic E-state index is 1.13. The van der Waals surface area contributed by atoms with Crippen LogP contribution in [0.15, 0.2) is 24.4 Å². The molecule has 1 nitrogen and oxygen atoms in total. The number of rotatable bonds is 0. The first-order valence-electron chi connectivity index (χ1n) is 3.52. The molecule has 1 aromatic carbocycles. The Balaban J connectivity index is 2.73. The fraction of sp³-hybridized carbons (Fsp3) is 0.111. The van der Waals surface area contributed by atoms with E-state index >= 15 is 0 Å². The van der Waals surface area contributed by atoms with Crippen molar-refractivity contribution in [2.45, 2.75) is 6.42 Å². The van der Waals surface area contributed by atoms with Crippen molar-refractivity contribution in [3.05, 3.63) is 35.5 Å². The molecule has 4 rings (SSSR count). The highest BCUT2D eigenvalue weighted by Gasteiger charge is 2.10. The second-order valence-electron chi connectivity index (χ2n) is 2.87. The fourth-order valence-corrected chi connectivity index (χ4v) is 1.71. The minimum Gasteiger partial charge on any atom is -0.361 e. The van der Waals surface area contributed by atoms with Crippen molar-refractivity contribution < 1.29 is 0 Å². The van der Waals surface area contributed by atoms with Crippen LogP contribution >= 0.6 is 0 Å². The summed E-state index contributed by atoms with van der Waals surface area (Å²) in [5.41, 5.74) is 4.18. The Morgan fingerprint density at radius 3 is 3.00 bits per heavy atom. The van der Waals surface area contributed by atoms with E-state index in [-0.39, 0.29) is 0 Å². The normalized spacial score (nSPS) is 13.6. The van der Waals surface area contributed by atoms with Crippen LogP contribution in [0, 0.1) is 0 Å². The van der Waals surface area contributed by atoms with Gasteiger partial charge in [-0.2, -0.15) is 0 Å². The van der Waals surface area contributed by atoms with Crippen molar-refractivity contribution in [2.75, 3.05) is 0 Å². The van der Waals surface area contributed by atoms with Gasteiger partial charge in [-0.15, -0.1) is 0 Å². The van der Waals surface area contributed by atoms with Gasteiger partial charge in [-0.1, -0.05) is 12.1 Å². The summed E-state index contributed by atoms with van der Waals surface area (Å²) in [5, 5.41) is 1.40. The zero-order chi connectivity index (χ0) is 6.55. The van der Waals surface area contributed by atoms with Crippen LogP contribution in [0.4, 0.5) is 0 Å². The lowest BCUT2D eigenvalue weighted by atomic mass is 9.97. The molecule has 1 heteroatoms. The van der Waals surface area contributed by atoms with E-state index in [0.717, 1.165) is 6.42 Å². The maximum Gasteiger partial charge on any atom is 0.0459 e. The lowest BCUT2D eigenvalue weighted by Crippen LogP contribution is -1.91. The summed E-state index contributed by atoms with van der Waals surface area (Å²) in [7, 11) is 0.